The van der Waals surface area contributed by atoms with Gasteiger partial charge in [0, 0.05) is 25.7 Å². The molecule has 0 aromatic heterocycles. The zero-order valence-electron chi connectivity index (χ0n) is 11.7. The standard InChI is InChI=1S/C14H26N2O2/c1-3-18-12-6-5-9-16(10-12)14(17)13-7-4-8-15-11(13)2/h11-13,15H,3-10H2,1-2H3. The molecule has 0 bridgehead atoms. The van der Waals surface area contributed by atoms with Gasteiger partial charge in [-0.05, 0) is 46.1 Å². The van der Waals surface area contributed by atoms with Crippen molar-refractivity contribution in [1.82, 2.24) is 10.2 Å². The largest absolute Gasteiger partial charge is 0.377 e. The fraction of sp³-hybridized carbons (Fsp3) is 0.929. The van der Waals surface area contributed by atoms with E-state index in [1.165, 1.54) is 0 Å². The summed E-state index contributed by atoms with van der Waals surface area (Å²) < 4.78 is 5.67. The fourth-order valence-corrected chi connectivity index (χ4v) is 3.13. The van der Waals surface area contributed by atoms with E-state index in [0.717, 1.165) is 51.9 Å². The van der Waals surface area contributed by atoms with Gasteiger partial charge in [0.05, 0.1) is 12.0 Å². The van der Waals surface area contributed by atoms with Crippen molar-refractivity contribution in [1.29, 1.82) is 0 Å². The number of ether oxygens (including phenoxy) is 1. The molecular weight excluding hydrogens is 228 g/mol. The average Bonchev–Trinajstić information content (AvgIpc) is 2.39. The van der Waals surface area contributed by atoms with Crippen LogP contribution in [0.15, 0.2) is 0 Å². The third kappa shape index (κ3) is 3.23. The predicted molar refractivity (Wildman–Crippen MR) is 71.4 cm³/mol. The maximum atomic E-state index is 12.5. The molecule has 0 aromatic carbocycles. The summed E-state index contributed by atoms with van der Waals surface area (Å²) in [5.74, 6) is 0.498. The summed E-state index contributed by atoms with van der Waals surface area (Å²) in [6.07, 6.45) is 4.56. The Morgan fingerprint density at radius 1 is 1.39 bits per heavy atom. The third-order valence-electron chi connectivity index (χ3n) is 4.17. The van der Waals surface area contributed by atoms with Crippen LogP contribution in [0.25, 0.3) is 0 Å². The van der Waals surface area contributed by atoms with Gasteiger partial charge >= 0.3 is 0 Å². The minimum atomic E-state index is 0.166. The molecule has 2 fully saturated rings. The number of likely N-dealkylation sites (tertiary alicyclic amines) is 1. The summed E-state index contributed by atoms with van der Waals surface area (Å²) in [6.45, 7) is 7.64. The first-order valence-corrected chi connectivity index (χ1v) is 7.36. The monoisotopic (exact) mass is 254 g/mol. The molecule has 0 aromatic rings. The van der Waals surface area contributed by atoms with Crippen molar-refractivity contribution in [3.05, 3.63) is 0 Å². The molecule has 104 valence electrons. The Labute approximate surface area is 110 Å². The highest BCUT2D eigenvalue weighted by molar-refractivity contribution is 5.79. The van der Waals surface area contributed by atoms with Crippen molar-refractivity contribution < 1.29 is 9.53 Å². The molecule has 4 nitrogen and oxygen atoms in total. The molecule has 0 spiro atoms. The number of carbonyl (C=O) groups excluding carboxylic acids is 1. The number of carbonyl (C=O) groups is 1. The van der Waals surface area contributed by atoms with Crippen molar-refractivity contribution in [3.8, 4) is 0 Å². The lowest BCUT2D eigenvalue weighted by atomic mass is 9.90. The van der Waals surface area contributed by atoms with Crippen molar-refractivity contribution in [3.63, 3.8) is 0 Å². The van der Waals surface area contributed by atoms with E-state index < -0.39 is 0 Å². The van der Waals surface area contributed by atoms with Crippen molar-refractivity contribution >= 4 is 5.91 Å². The summed E-state index contributed by atoms with van der Waals surface area (Å²) in [7, 11) is 0. The number of nitrogens with one attached hydrogen (secondary N) is 1. The maximum Gasteiger partial charge on any atom is 0.227 e. The zero-order valence-corrected chi connectivity index (χ0v) is 11.7. The van der Waals surface area contributed by atoms with Gasteiger partial charge in [-0.25, -0.2) is 0 Å². The first-order valence-electron chi connectivity index (χ1n) is 7.36. The molecule has 2 aliphatic rings. The van der Waals surface area contributed by atoms with Crippen LogP contribution in [0.4, 0.5) is 0 Å². The van der Waals surface area contributed by atoms with Crippen LogP contribution in [0, 0.1) is 5.92 Å². The van der Waals surface area contributed by atoms with Crippen LogP contribution in [-0.2, 0) is 9.53 Å². The number of hydrogen-bond acceptors (Lipinski definition) is 3. The van der Waals surface area contributed by atoms with Crippen LogP contribution in [-0.4, -0.2) is 49.2 Å². The summed E-state index contributed by atoms with van der Waals surface area (Å²) in [5.41, 5.74) is 0. The van der Waals surface area contributed by atoms with E-state index in [4.69, 9.17) is 4.74 Å². The third-order valence-corrected chi connectivity index (χ3v) is 4.17. The lowest BCUT2D eigenvalue weighted by molar-refractivity contribution is -0.141. The number of hydrogen-bond donors (Lipinski definition) is 1. The Hall–Kier alpha value is -0.610. The van der Waals surface area contributed by atoms with E-state index in [2.05, 4.69) is 12.2 Å². The SMILES string of the molecule is CCOC1CCCN(C(=O)C2CCCNC2C)C1. The Balaban J connectivity index is 1.91. The second-order valence-electron chi connectivity index (χ2n) is 5.50. The summed E-state index contributed by atoms with van der Waals surface area (Å²) in [5, 5.41) is 3.41. The molecule has 0 radical (unpaired) electrons. The van der Waals surface area contributed by atoms with E-state index in [9.17, 15) is 4.79 Å². The molecule has 2 saturated heterocycles. The van der Waals surface area contributed by atoms with Gasteiger partial charge in [0.1, 0.15) is 0 Å². The molecule has 2 heterocycles. The van der Waals surface area contributed by atoms with Gasteiger partial charge in [-0.1, -0.05) is 0 Å². The van der Waals surface area contributed by atoms with Crippen LogP contribution in [0.3, 0.4) is 0 Å². The minimum absolute atomic E-state index is 0.166. The molecule has 3 unspecified atom stereocenters. The van der Waals surface area contributed by atoms with Gasteiger partial charge in [0.25, 0.3) is 0 Å². The van der Waals surface area contributed by atoms with Crippen molar-refractivity contribution in [2.75, 3.05) is 26.2 Å². The molecule has 1 amide bonds. The Kier molecular flexibility index (Phi) is 5.01. The Bertz CT molecular complexity index is 281. The molecule has 4 heteroatoms. The van der Waals surface area contributed by atoms with Crippen LogP contribution in [0.5, 0.6) is 0 Å². The molecule has 1 N–H and O–H groups in total. The van der Waals surface area contributed by atoms with E-state index >= 15 is 0 Å². The molecule has 0 saturated carbocycles. The average molecular weight is 254 g/mol. The highest BCUT2D eigenvalue weighted by Gasteiger charge is 2.33. The van der Waals surface area contributed by atoms with Crippen molar-refractivity contribution in [2.24, 2.45) is 5.92 Å². The minimum Gasteiger partial charge on any atom is -0.377 e. The maximum absolute atomic E-state index is 12.5. The van der Waals surface area contributed by atoms with Crippen molar-refractivity contribution in [2.45, 2.75) is 51.7 Å². The van der Waals surface area contributed by atoms with E-state index in [-0.39, 0.29) is 12.0 Å². The topological polar surface area (TPSA) is 41.6 Å². The first kappa shape index (κ1) is 13.8. The number of nitrogens with zero attached hydrogens (tertiary/aromatic N) is 1. The molecule has 2 aliphatic heterocycles. The number of amides is 1. The Morgan fingerprint density at radius 2 is 2.22 bits per heavy atom. The second-order valence-corrected chi connectivity index (χ2v) is 5.50. The molecule has 18 heavy (non-hydrogen) atoms. The van der Waals surface area contributed by atoms with Crippen LogP contribution >= 0.6 is 0 Å². The lowest BCUT2D eigenvalue weighted by Gasteiger charge is -2.37. The van der Waals surface area contributed by atoms with Crippen LogP contribution < -0.4 is 5.32 Å². The van der Waals surface area contributed by atoms with E-state index in [1.807, 2.05) is 11.8 Å². The normalized spacial score (nSPS) is 33.4. The quantitative estimate of drug-likeness (QED) is 0.828. The van der Waals surface area contributed by atoms with Crippen LogP contribution in [0.1, 0.15) is 39.5 Å². The van der Waals surface area contributed by atoms with Gasteiger partial charge in [0.2, 0.25) is 5.91 Å². The van der Waals surface area contributed by atoms with Gasteiger partial charge < -0.3 is 15.0 Å². The number of rotatable bonds is 3. The zero-order chi connectivity index (χ0) is 13.0. The van der Waals surface area contributed by atoms with Gasteiger partial charge in [0.15, 0.2) is 0 Å². The molecule has 2 rings (SSSR count). The summed E-state index contributed by atoms with van der Waals surface area (Å²) >= 11 is 0. The lowest BCUT2D eigenvalue weighted by Crippen LogP contribution is -2.51. The number of piperidine rings is 2. The molecule has 0 aliphatic carbocycles. The summed E-state index contributed by atoms with van der Waals surface area (Å²) in [6, 6.07) is 0.318. The Morgan fingerprint density at radius 3 is 2.94 bits per heavy atom. The predicted octanol–water partition coefficient (Wildman–Crippen LogP) is 1.40. The van der Waals surface area contributed by atoms with E-state index in [1.54, 1.807) is 0 Å². The highest BCUT2D eigenvalue weighted by Crippen LogP contribution is 2.22. The van der Waals surface area contributed by atoms with E-state index in [0.29, 0.717) is 11.9 Å². The summed E-state index contributed by atoms with van der Waals surface area (Å²) in [4.78, 5) is 14.6. The van der Waals surface area contributed by atoms with Gasteiger partial charge in [-0.2, -0.15) is 0 Å². The van der Waals surface area contributed by atoms with Gasteiger partial charge in [-0.15, -0.1) is 0 Å². The molecular formula is C14H26N2O2. The fourth-order valence-electron chi connectivity index (χ4n) is 3.13. The van der Waals surface area contributed by atoms with Crippen LogP contribution in [0.2, 0.25) is 0 Å². The second kappa shape index (κ2) is 6.53. The van der Waals surface area contributed by atoms with Gasteiger partial charge in [-0.3, -0.25) is 4.79 Å². The smallest absolute Gasteiger partial charge is 0.227 e. The highest BCUT2D eigenvalue weighted by atomic mass is 16.5. The first-order chi connectivity index (χ1) is 8.72. The molecule has 3 atom stereocenters.